The first kappa shape index (κ1) is 19.5. The number of nitrogens with zero attached hydrogens (tertiary/aromatic N) is 3. The van der Waals surface area contributed by atoms with E-state index in [1.807, 2.05) is 40.9 Å². The third-order valence-corrected chi connectivity index (χ3v) is 5.91. The molecule has 0 aliphatic carbocycles. The van der Waals surface area contributed by atoms with E-state index in [0.717, 1.165) is 38.9 Å². The third-order valence-electron chi connectivity index (χ3n) is 4.60. The zero-order valence-electron chi connectivity index (χ0n) is 16.5. The molecule has 0 bridgehead atoms. The first-order valence-electron chi connectivity index (χ1n) is 9.04. The number of aryl methyl sites for hydroxylation is 1. The molecule has 2 heterocycles. The Hall–Kier alpha value is -2.77. The van der Waals surface area contributed by atoms with Crippen LogP contribution < -0.4 is 14.2 Å². The molecule has 6 nitrogen and oxygen atoms in total. The molecule has 0 atom stereocenters. The fourth-order valence-corrected chi connectivity index (χ4v) is 4.18. The summed E-state index contributed by atoms with van der Waals surface area (Å²) in [6.07, 6.45) is 0.855. The van der Waals surface area contributed by atoms with Crippen molar-refractivity contribution < 1.29 is 14.2 Å². The zero-order chi connectivity index (χ0) is 20.5. The lowest BCUT2D eigenvalue weighted by Gasteiger charge is -2.14. The summed E-state index contributed by atoms with van der Waals surface area (Å²) in [5, 5.41) is 6.45. The average Bonchev–Trinajstić information content (AvgIpc) is 3.30. The van der Waals surface area contributed by atoms with E-state index in [1.165, 1.54) is 0 Å². The van der Waals surface area contributed by atoms with Gasteiger partial charge in [0, 0.05) is 16.1 Å². The van der Waals surface area contributed by atoms with Crippen LogP contribution in [0.4, 0.5) is 0 Å². The second-order valence-corrected chi connectivity index (χ2v) is 7.75. The van der Waals surface area contributed by atoms with Crippen molar-refractivity contribution in [1.82, 2.24) is 14.6 Å². The van der Waals surface area contributed by atoms with Crippen LogP contribution in [0.1, 0.15) is 11.9 Å². The maximum Gasteiger partial charge on any atom is 0.213 e. The first-order chi connectivity index (χ1) is 14.1. The van der Waals surface area contributed by atoms with Crippen molar-refractivity contribution in [3.05, 3.63) is 46.4 Å². The van der Waals surface area contributed by atoms with Crippen molar-refractivity contribution in [2.45, 2.75) is 13.3 Å². The first-order valence-corrected chi connectivity index (χ1v) is 10.2. The molecule has 0 aliphatic heterocycles. The SMILES string of the molecule is CCc1nn2c(-c3ccc(Cl)cc3)c(-c3cc(OC)c(OC)c(OC)c3)nc2s1. The lowest BCUT2D eigenvalue weighted by molar-refractivity contribution is 0.324. The van der Waals surface area contributed by atoms with Gasteiger partial charge in [0.2, 0.25) is 10.7 Å². The van der Waals surface area contributed by atoms with Crippen LogP contribution in [-0.2, 0) is 6.42 Å². The summed E-state index contributed by atoms with van der Waals surface area (Å²) in [4.78, 5) is 5.72. The maximum atomic E-state index is 6.10. The summed E-state index contributed by atoms with van der Waals surface area (Å²) in [5.74, 6) is 1.68. The van der Waals surface area contributed by atoms with E-state index >= 15 is 0 Å². The zero-order valence-corrected chi connectivity index (χ0v) is 18.1. The van der Waals surface area contributed by atoms with Crippen molar-refractivity contribution in [1.29, 1.82) is 0 Å². The standard InChI is InChI=1S/C21H20ClN3O3S/c1-5-17-24-25-19(12-6-8-14(22)9-7-12)18(23-21(25)29-17)13-10-15(26-2)20(28-4)16(11-13)27-3/h6-11H,5H2,1-4H3. The van der Waals surface area contributed by atoms with Gasteiger partial charge in [-0.3, -0.25) is 0 Å². The lowest BCUT2D eigenvalue weighted by Crippen LogP contribution is -1.97. The topological polar surface area (TPSA) is 57.9 Å². The number of fused-ring (bicyclic) bond motifs is 1. The van der Waals surface area contributed by atoms with Crippen LogP contribution in [0.5, 0.6) is 17.2 Å². The molecule has 0 saturated carbocycles. The molecule has 0 saturated heterocycles. The van der Waals surface area contributed by atoms with Crippen LogP contribution in [0, 0.1) is 0 Å². The number of hydrogen-bond donors (Lipinski definition) is 0. The number of rotatable bonds is 6. The molecule has 2 aromatic carbocycles. The van der Waals surface area contributed by atoms with Crippen LogP contribution >= 0.6 is 22.9 Å². The molecule has 29 heavy (non-hydrogen) atoms. The summed E-state index contributed by atoms with van der Waals surface area (Å²) >= 11 is 7.68. The molecule has 0 unspecified atom stereocenters. The molecule has 0 aliphatic rings. The number of benzene rings is 2. The van der Waals surface area contributed by atoms with E-state index in [2.05, 4.69) is 6.92 Å². The number of ether oxygens (including phenoxy) is 3. The highest BCUT2D eigenvalue weighted by Crippen LogP contribution is 2.43. The minimum Gasteiger partial charge on any atom is -0.493 e. The predicted molar refractivity (Wildman–Crippen MR) is 116 cm³/mol. The highest BCUT2D eigenvalue weighted by molar-refractivity contribution is 7.16. The monoisotopic (exact) mass is 429 g/mol. The lowest BCUT2D eigenvalue weighted by atomic mass is 10.0. The molecule has 0 N–H and O–H groups in total. The number of halogens is 1. The van der Waals surface area contributed by atoms with Gasteiger partial charge in [0.05, 0.1) is 21.3 Å². The summed E-state index contributed by atoms with van der Waals surface area (Å²) in [5.41, 5.74) is 3.49. The Morgan fingerprint density at radius 3 is 2.17 bits per heavy atom. The van der Waals surface area contributed by atoms with Gasteiger partial charge in [-0.25, -0.2) is 9.50 Å². The van der Waals surface area contributed by atoms with Crippen molar-refractivity contribution >= 4 is 27.9 Å². The molecule has 0 radical (unpaired) electrons. The van der Waals surface area contributed by atoms with Gasteiger partial charge in [0.1, 0.15) is 16.4 Å². The van der Waals surface area contributed by atoms with Gasteiger partial charge in [-0.1, -0.05) is 42.0 Å². The Morgan fingerprint density at radius 1 is 0.966 bits per heavy atom. The highest BCUT2D eigenvalue weighted by atomic mass is 35.5. The summed E-state index contributed by atoms with van der Waals surface area (Å²) < 4.78 is 18.4. The van der Waals surface area contributed by atoms with Gasteiger partial charge in [-0.2, -0.15) is 5.10 Å². The quantitative estimate of drug-likeness (QED) is 0.412. The molecular formula is C21H20ClN3O3S. The van der Waals surface area contributed by atoms with E-state index in [4.69, 9.17) is 35.9 Å². The van der Waals surface area contributed by atoms with E-state index < -0.39 is 0 Å². The summed E-state index contributed by atoms with van der Waals surface area (Å²) in [6.45, 7) is 2.08. The second kappa shape index (κ2) is 7.93. The van der Waals surface area contributed by atoms with E-state index in [9.17, 15) is 0 Å². The normalized spacial score (nSPS) is 11.1. The molecule has 4 aromatic rings. The molecule has 150 valence electrons. The van der Waals surface area contributed by atoms with E-state index in [0.29, 0.717) is 22.3 Å². The number of hydrogen-bond acceptors (Lipinski definition) is 6. The van der Waals surface area contributed by atoms with Crippen molar-refractivity contribution in [3.8, 4) is 39.8 Å². The van der Waals surface area contributed by atoms with Crippen LogP contribution in [0.15, 0.2) is 36.4 Å². The number of imidazole rings is 1. The second-order valence-electron chi connectivity index (χ2n) is 6.27. The predicted octanol–water partition coefficient (Wildman–Crippen LogP) is 5.37. The van der Waals surface area contributed by atoms with Crippen molar-refractivity contribution in [2.75, 3.05) is 21.3 Å². The van der Waals surface area contributed by atoms with Crippen molar-refractivity contribution in [3.63, 3.8) is 0 Å². The van der Waals surface area contributed by atoms with Gasteiger partial charge >= 0.3 is 0 Å². The minimum atomic E-state index is 0.541. The van der Waals surface area contributed by atoms with Gasteiger partial charge in [0.25, 0.3) is 0 Å². The molecule has 0 spiro atoms. The van der Waals surface area contributed by atoms with Gasteiger partial charge in [-0.15, -0.1) is 0 Å². The Bertz CT molecular complexity index is 1140. The molecule has 2 aromatic heterocycles. The number of methoxy groups -OCH3 is 3. The Labute approximate surface area is 177 Å². The van der Waals surface area contributed by atoms with Crippen LogP contribution in [-0.4, -0.2) is 35.9 Å². The molecule has 4 rings (SSSR count). The molecule has 0 fully saturated rings. The third kappa shape index (κ3) is 3.41. The fourth-order valence-electron chi connectivity index (χ4n) is 3.22. The fraction of sp³-hybridized carbons (Fsp3) is 0.238. The minimum absolute atomic E-state index is 0.541. The highest BCUT2D eigenvalue weighted by Gasteiger charge is 2.22. The van der Waals surface area contributed by atoms with Crippen LogP contribution in [0.2, 0.25) is 5.02 Å². The summed E-state index contributed by atoms with van der Waals surface area (Å²) in [7, 11) is 4.78. The van der Waals surface area contributed by atoms with Crippen LogP contribution in [0.25, 0.3) is 27.5 Å². The van der Waals surface area contributed by atoms with Crippen molar-refractivity contribution in [2.24, 2.45) is 0 Å². The maximum absolute atomic E-state index is 6.10. The largest absolute Gasteiger partial charge is 0.493 e. The smallest absolute Gasteiger partial charge is 0.213 e. The Balaban J connectivity index is 2.00. The van der Waals surface area contributed by atoms with Gasteiger partial charge in [-0.05, 0) is 30.7 Å². The van der Waals surface area contributed by atoms with Crippen LogP contribution in [0.3, 0.4) is 0 Å². The molecule has 8 heteroatoms. The molecule has 0 amide bonds. The molecular weight excluding hydrogens is 410 g/mol. The Morgan fingerprint density at radius 2 is 1.62 bits per heavy atom. The number of aromatic nitrogens is 3. The van der Waals surface area contributed by atoms with Gasteiger partial charge in [0.15, 0.2) is 11.5 Å². The van der Waals surface area contributed by atoms with Gasteiger partial charge < -0.3 is 14.2 Å². The van der Waals surface area contributed by atoms with E-state index in [-0.39, 0.29) is 0 Å². The Kier molecular flexibility index (Phi) is 5.34. The summed E-state index contributed by atoms with van der Waals surface area (Å²) in [6, 6.07) is 11.5. The van der Waals surface area contributed by atoms with E-state index in [1.54, 1.807) is 32.7 Å². The average molecular weight is 430 g/mol.